The van der Waals surface area contributed by atoms with Crippen LogP contribution in [-0.2, 0) is 4.79 Å². The van der Waals surface area contributed by atoms with Crippen LogP contribution in [0.2, 0.25) is 0 Å². The van der Waals surface area contributed by atoms with Gasteiger partial charge < -0.3 is 15.2 Å². The number of hydrogen-bond donors (Lipinski definition) is 3. The highest BCUT2D eigenvalue weighted by Crippen LogP contribution is 2.14. The second-order valence-electron chi connectivity index (χ2n) is 5.00. The minimum absolute atomic E-state index is 0.438. The van der Waals surface area contributed by atoms with Crippen LogP contribution in [0.25, 0.3) is 0 Å². The molecule has 25 heavy (non-hydrogen) atoms. The first kappa shape index (κ1) is 18.5. The largest absolute Gasteiger partial charge is 0.479 e. The highest BCUT2D eigenvalue weighted by molar-refractivity contribution is 9.10. The van der Waals surface area contributed by atoms with E-state index in [0.29, 0.717) is 11.4 Å². The number of ether oxygens (including phenoxy) is 1. The number of hydrazone groups is 1. The van der Waals surface area contributed by atoms with E-state index in [1.165, 1.54) is 13.1 Å². The maximum absolute atomic E-state index is 11.7. The van der Waals surface area contributed by atoms with Gasteiger partial charge in [0.2, 0.25) is 0 Å². The lowest BCUT2D eigenvalue weighted by molar-refractivity contribution is -0.144. The van der Waals surface area contributed by atoms with E-state index in [2.05, 4.69) is 31.8 Å². The van der Waals surface area contributed by atoms with E-state index >= 15 is 0 Å². The highest BCUT2D eigenvalue weighted by Gasteiger charge is 2.11. The van der Waals surface area contributed by atoms with E-state index in [4.69, 9.17) is 9.84 Å². The molecule has 0 bridgehead atoms. The molecule has 0 aliphatic carbocycles. The Balaban J connectivity index is 1.83. The van der Waals surface area contributed by atoms with Gasteiger partial charge >= 0.3 is 12.0 Å². The van der Waals surface area contributed by atoms with Crippen molar-refractivity contribution >= 4 is 39.8 Å². The Hall–Kier alpha value is -2.87. The number of nitrogens with one attached hydrogen (secondary N) is 2. The summed E-state index contributed by atoms with van der Waals surface area (Å²) < 4.78 is 6.14. The van der Waals surface area contributed by atoms with E-state index in [9.17, 15) is 9.59 Å². The predicted molar refractivity (Wildman–Crippen MR) is 98.1 cm³/mol. The molecule has 0 aromatic heterocycles. The second-order valence-corrected chi connectivity index (χ2v) is 5.91. The van der Waals surface area contributed by atoms with Gasteiger partial charge in [0.25, 0.3) is 0 Å². The molecule has 2 aromatic carbocycles. The zero-order valence-corrected chi connectivity index (χ0v) is 14.9. The predicted octanol–water partition coefficient (Wildman–Crippen LogP) is 3.46. The van der Waals surface area contributed by atoms with E-state index in [1.54, 1.807) is 36.4 Å². The van der Waals surface area contributed by atoms with Gasteiger partial charge in [-0.15, -0.1) is 0 Å². The number of rotatable bonds is 6. The van der Waals surface area contributed by atoms with E-state index in [0.717, 1.165) is 10.0 Å². The normalized spacial score (nSPS) is 11.8. The average molecular weight is 406 g/mol. The molecule has 0 aliphatic rings. The minimum atomic E-state index is -1.04. The molecule has 0 saturated carbocycles. The number of urea groups is 1. The third-order valence-electron chi connectivity index (χ3n) is 3.02. The number of carbonyl (C=O) groups excluding carboxylic acids is 1. The molecular formula is C17H16BrN3O4. The Bertz CT molecular complexity index is 760. The first-order chi connectivity index (χ1) is 11.9. The molecule has 0 spiro atoms. The summed E-state index contributed by atoms with van der Waals surface area (Å²) in [5.41, 5.74) is 3.72. The van der Waals surface area contributed by atoms with Crippen LogP contribution in [0.1, 0.15) is 12.5 Å². The number of carboxylic acids is 1. The van der Waals surface area contributed by atoms with E-state index in [-0.39, 0.29) is 0 Å². The lowest BCUT2D eigenvalue weighted by atomic mass is 10.2. The zero-order chi connectivity index (χ0) is 18.2. The topological polar surface area (TPSA) is 100 Å². The van der Waals surface area contributed by atoms with Crippen LogP contribution in [0, 0.1) is 0 Å². The number of aliphatic carboxylic acids is 1. The molecule has 3 N–H and O–H groups in total. The number of anilines is 1. The van der Waals surface area contributed by atoms with Crippen molar-refractivity contribution in [1.82, 2.24) is 5.43 Å². The average Bonchev–Trinajstić information content (AvgIpc) is 2.58. The van der Waals surface area contributed by atoms with Crippen LogP contribution < -0.4 is 15.5 Å². The van der Waals surface area contributed by atoms with Gasteiger partial charge in [0.1, 0.15) is 5.75 Å². The lowest BCUT2D eigenvalue weighted by Gasteiger charge is -2.09. The van der Waals surface area contributed by atoms with Crippen molar-refractivity contribution in [3.05, 3.63) is 58.6 Å². The quantitative estimate of drug-likeness (QED) is 0.505. The van der Waals surface area contributed by atoms with Gasteiger partial charge in [-0.3, -0.25) is 0 Å². The Kier molecular flexibility index (Phi) is 6.53. The lowest BCUT2D eigenvalue weighted by Crippen LogP contribution is -2.24. The summed E-state index contributed by atoms with van der Waals surface area (Å²) in [4.78, 5) is 22.4. The first-order valence-electron chi connectivity index (χ1n) is 7.29. The summed E-state index contributed by atoms with van der Waals surface area (Å²) in [6, 6.07) is 13.3. The molecule has 0 heterocycles. The molecule has 0 radical (unpaired) electrons. The minimum Gasteiger partial charge on any atom is -0.479 e. The number of halogens is 1. The molecular weight excluding hydrogens is 390 g/mol. The summed E-state index contributed by atoms with van der Waals surface area (Å²) in [5, 5.41) is 15.3. The summed E-state index contributed by atoms with van der Waals surface area (Å²) in [6.07, 6.45) is 0.537. The van der Waals surface area contributed by atoms with Crippen molar-refractivity contribution in [2.45, 2.75) is 13.0 Å². The van der Waals surface area contributed by atoms with Crippen LogP contribution in [-0.4, -0.2) is 29.4 Å². The molecule has 0 saturated heterocycles. The SMILES string of the molecule is C[C@@H](Oc1ccc(/C=N/NC(=O)Nc2ccc(Br)cc2)cc1)C(=O)O. The summed E-state index contributed by atoms with van der Waals surface area (Å²) in [5.74, 6) is -0.598. The van der Waals surface area contributed by atoms with E-state index < -0.39 is 18.1 Å². The van der Waals surface area contributed by atoms with E-state index in [1.807, 2.05) is 12.1 Å². The van der Waals surface area contributed by atoms with Crippen molar-refractivity contribution < 1.29 is 19.4 Å². The number of carboxylic acid groups (broad SMARTS) is 1. The van der Waals surface area contributed by atoms with Crippen molar-refractivity contribution in [3.8, 4) is 5.75 Å². The van der Waals surface area contributed by atoms with Crippen LogP contribution in [0.15, 0.2) is 58.1 Å². The molecule has 1 atom stereocenters. The summed E-state index contributed by atoms with van der Waals surface area (Å²) >= 11 is 3.31. The van der Waals surface area contributed by atoms with Gasteiger partial charge in [0.15, 0.2) is 6.10 Å². The Morgan fingerprint density at radius 3 is 2.40 bits per heavy atom. The molecule has 0 unspecified atom stereocenters. The standard InChI is InChI=1S/C17H16BrN3O4/c1-11(16(22)23)25-15-8-2-12(3-9-15)10-19-21-17(24)20-14-6-4-13(18)5-7-14/h2-11H,1H3,(H,22,23)(H2,20,21,24)/b19-10+/t11-/m1/s1. The number of hydrogen-bond acceptors (Lipinski definition) is 4. The van der Waals surface area contributed by atoms with Crippen LogP contribution in [0.5, 0.6) is 5.75 Å². The highest BCUT2D eigenvalue weighted by atomic mass is 79.9. The number of benzene rings is 2. The smallest absolute Gasteiger partial charge is 0.344 e. The fourth-order valence-corrected chi connectivity index (χ4v) is 2.01. The molecule has 7 nitrogen and oxygen atoms in total. The number of nitrogens with zero attached hydrogens (tertiary/aromatic N) is 1. The van der Waals surface area contributed by atoms with Gasteiger partial charge in [0, 0.05) is 10.2 Å². The Morgan fingerprint density at radius 1 is 1.16 bits per heavy atom. The maximum Gasteiger partial charge on any atom is 0.344 e. The van der Waals surface area contributed by atoms with Gasteiger partial charge in [-0.1, -0.05) is 15.9 Å². The third-order valence-corrected chi connectivity index (χ3v) is 3.55. The second kappa shape index (κ2) is 8.84. The van der Waals surface area contributed by atoms with Crippen molar-refractivity contribution in [3.63, 3.8) is 0 Å². The van der Waals surface area contributed by atoms with Crippen molar-refractivity contribution in [2.24, 2.45) is 5.10 Å². The number of carbonyl (C=O) groups is 2. The van der Waals surface area contributed by atoms with Gasteiger partial charge in [-0.25, -0.2) is 15.0 Å². The molecule has 8 heteroatoms. The van der Waals surface area contributed by atoms with Crippen molar-refractivity contribution in [1.29, 1.82) is 0 Å². The number of amides is 2. The molecule has 2 aromatic rings. The Morgan fingerprint density at radius 2 is 1.80 bits per heavy atom. The van der Waals surface area contributed by atoms with Gasteiger partial charge in [0.05, 0.1) is 6.21 Å². The first-order valence-corrected chi connectivity index (χ1v) is 8.08. The molecule has 0 aliphatic heterocycles. The van der Waals surface area contributed by atoms with Crippen LogP contribution >= 0.6 is 15.9 Å². The zero-order valence-electron chi connectivity index (χ0n) is 13.3. The Labute approximate surface area is 152 Å². The fraction of sp³-hybridized carbons (Fsp3) is 0.118. The summed E-state index contributed by atoms with van der Waals surface area (Å²) in [7, 11) is 0. The monoisotopic (exact) mass is 405 g/mol. The molecule has 130 valence electrons. The molecule has 2 rings (SSSR count). The molecule has 2 amide bonds. The van der Waals surface area contributed by atoms with Crippen LogP contribution in [0.4, 0.5) is 10.5 Å². The fourth-order valence-electron chi connectivity index (χ4n) is 1.74. The third kappa shape index (κ3) is 6.27. The summed E-state index contributed by atoms with van der Waals surface area (Å²) in [6.45, 7) is 1.45. The van der Waals surface area contributed by atoms with Crippen LogP contribution in [0.3, 0.4) is 0 Å². The van der Waals surface area contributed by atoms with Crippen molar-refractivity contribution in [2.75, 3.05) is 5.32 Å². The van der Waals surface area contributed by atoms with Gasteiger partial charge in [-0.2, -0.15) is 5.10 Å². The molecule has 0 fully saturated rings. The van der Waals surface area contributed by atoms with Gasteiger partial charge in [-0.05, 0) is 61.0 Å². The maximum atomic E-state index is 11.7.